The normalized spacial score (nSPS) is 13.1. The molecule has 0 aliphatic rings. The smallest absolute Gasteiger partial charge is 0.294 e. The summed E-state index contributed by atoms with van der Waals surface area (Å²) >= 11 is 6.91. The van der Waals surface area contributed by atoms with E-state index in [1.54, 1.807) is 35.7 Å². The second kappa shape index (κ2) is 12.2. The number of aromatic nitrogens is 4. The number of hydrogen-bond donors (Lipinski definition) is 6. The Morgan fingerprint density at radius 1 is 0.667 bits per heavy atom. The molecule has 0 aliphatic carbocycles. The number of fused-ring (bicyclic) bond motifs is 2. The van der Waals surface area contributed by atoms with Crippen molar-refractivity contribution in [3.05, 3.63) is 36.4 Å². The van der Waals surface area contributed by atoms with Gasteiger partial charge in [0.05, 0.1) is 31.9 Å². The van der Waals surface area contributed by atoms with Gasteiger partial charge >= 0.3 is 0 Å². The fraction of sp³-hybridized carbons (Fsp3) is 0.300. The second-order valence-corrected chi connectivity index (χ2v) is 14.9. The van der Waals surface area contributed by atoms with Crippen LogP contribution in [0.3, 0.4) is 0 Å². The summed E-state index contributed by atoms with van der Waals surface area (Å²) in [7, 11) is -7.97. The summed E-state index contributed by atoms with van der Waals surface area (Å²) < 4.78 is 59.8. The molecule has 2 aromatic carbocycles. The first-order valence-electron chi connectivity index (χ1n) is 10.5. The summed E-state index contributed by atoms with van der Waals surface area (Å²) in [4.78, 5) is 15.0. The Hall–Kier alpha value is -1.08. The number of thioether (sulfide) groups is 4. The Kier molecular flexibility index (Phi) is 9.46. The minimum absolute atomic E-state index is 0.0634. The van der Waals surface area contributed by atoms with Crippen molar-refractivity contribution in [2.75, 3.05) is 34.5 Å². The summed E-state index contributed by atoms with van der Waals surface area (Å²) in [6.45, 7) is 0. The number of hydrogen-bond acceptors (Lipinski definition) is 11. The second-order valence-electron chi connectivity index (χ2n) is 7.36. The zero-order valence-corrected chi connectivity index (χ0v) is 23.6. The van der Waals surface area contributed by atoms with Crippen molar-refractivity contribution in [2.24, 2.45) is 0 Å². The quantitative estimate of drug-likeness (QED) is 0.0629. The molecule has 0 saturated heterocycles. The van der Waals surface area contributed by atoms with Crippen LogP contribution in [0.25, 0.3) is 22.1 Å². The fourth-order valence-electron chi connectivity index (χ4n) is 3.11. The molecular formula is C20H24N4O6S6. The standard InChI is InChI=1S/C20H24N4O6S6/c25-35(26,27)13-1-3-15-17(11-13)23-19(21-15)33-9-7-31-5-6-32-8-10-34-20-22-16-4-2-14(36(28,29)30)12-18(16)24-20/h1-4,11-12,25-27H,5-10H2,(H,21,23)(H,22,24)(H,28,29,30). The minimum Gasteiger partial charge on any atom is -0.333 e. The SMILES string of the molecule is O=S(=O)(O)c1ccc2nc(SCCSCCSCCSc3nc4ccc(S(O)(O)O)cc4[nH]3)[nH]c2c1. The van der Waals surface area contributed by atoms with Crippen LogP contribution in [0.1, 0.15) is 0 Å². The van der Waals surface area contributed by atoms with Crippen LogP contribution in [0.4, 0.5) is 0 Å². The van der Waals surface area contributed by atoms with Crippen LogP contribution >= 0.6 is 57.9 Å². The van der Waals surface area contributed by atoms with Crippen LogP contribution in [-0.4, -0.2) is 81.1 Å². The van der Waals surface area contributed by atoms with Gasteiger partial charge in [0.2, 0.25) is 0 Å². The van der Waals surface area contributed by atoms with E-state index in [9.17, 15) is 22.1 Å². The lowest BCUT2D eigenvalue weighted by Crippen LogP contribution is -1.97. The van der Waals surface area contributed by atoms with Crippen LogP contribution < -0.4 is 0 Å². The van der Waals surface area contributed by atoms with Crippen molar-refractivity contribution in [3.8, 4) is 0 Å². The van der Waals surface area contributed by atoms with E-state index in [1.165, 1.54) is 24.3 Å². The van der Waals surface area contributed by atoms with Gasteiger partial charge in [0, 0.05) is 34.5 Å². The van der Waals surface area contributed by atoms with Crippen LogP contribution in [0, 0.1) is 0 Å². The summed E-state index contributed by atoms with van der Waals surface area (Å²) in [6.07, 6.45) is 0. The van der Waals surface area contributed by atoms with E-state index >= 15 is 0 Å². The van der Waals surface area contributed by atoms with Gasteiger partial charge in [-0.3, -0.25) is 4.55 Å². The molecule has 2 heterocycles. The number of rotatable bonds is 13. The maximum atomic E-state index is 11.3. The molecule has 0 aliphatic heterocycles. The van der Waals surface area contributed by atoms with Crippen molar-refractivity contribution in [2.45, 2.75) is 20.1 Å². The topological polar surface area (TPSA) is 172 Å². The van der Waals surface area contributed by atoms with Crippen LogP contribution in [-0.2, 0) is 10.1 Å². The highest BCUT2D eigenvalue weighted by molar-refractivity contribution is 8.19. The third kappa shape index (κ3) is 7.72. The Morgan fingerprint density at radius 3 is 1.58 bits per heavy atom. The van der Waals surface area contributed by atoms with Gasteiger partial charge < -0.3 is 23.6 Å². The Balaban J connectivity index is 1.09. The van der Waals surface area contributed by atoms with Gasteiger partial charge in [-0.2, -0.15) is 31.9 Å². The highest BCUT2D eigenvalue weighted by Gasteiger charge is 2.17. The first kappa shape index (κ1) is 27.9. The van der Waals surface area contributed by atoms with Gasteiger partial charge in [-0.15, -0.1) is 0 Å². The van der Waals surface area contributed by atoms with E-state index in [1.807, 2.05) is 23.5 Å². The van der Waals surface area contributed by atoms with Crippen molar-refractivity contribution < 1.29 is 26.6 Å². The lowest BCUT2D eigenvalue weighted by atomic mass is 10.3. The van der Waals surface area contributed by atoms with Gasteiger partial charge in [0.15, 0.2) is 10.3 Å². The molecule has 4 rings (SSSR count). The molecule has 16 heteroatoms. The number of nitrogens with one attached hydrogen (secondary N) is 2. The first-order chi connectivity index (χ1) is 17.1. The molecule has 0 radical (unpaired) electrons. The number of nitrogens with zero attached hydrogens (tertiary/aromatic N) is 2. The van der Waals surface area contributed by atoms with E-state index in [0.29, 0.717) is 22.1 Å². The molecule has 10 nitrogen and oxygen atoms in total. The van der Waals surface area contributed by atoms with Crippen molar-refractivity contribution >= 4 is 90.1 Å². The zero-order valence-electron chi connectivity index (χ0n) is 18.7. The number of imidazole rings is 2. The molecule has 6 N–H and O–H groups in total. The van der Waals surface area contributed by atoms with Crippen LogP contribution in [0.5, 0.6) is 0 Å². The molecule has 0 bridgehead atoms. The zero-order chi connectivity index (χ0) is 25.8. The summed E-state index contributed by atoms with van der Waals surface area (Å²) in [5.74, 6) is 5.77. The van der Waals surface area contributed by atoms with Crippen LogP contribution in [0.15, 0.2) is 56.5 Å². The van der Waals surface area contributed by atoms with Crippen LogP contribution in [0.2, 0.25) is 0 Å². The average molecular weight is 609 g/mol. The van der Waals surface area contributed by atoms with E-state index in [0.717, 1.165) is 44.8 Å². The molecule has 2 aromatic heterocycles. The molecule has 196 valence electrons. The van der Waals surface area contributed by atoms with E-state index in [2.05, 4.69) is 19.9 Å². The summed E-state index contributed by atoms with van der Waals surface area (Å²) in [5.41, 5.74) is 2.59. The third-order valence-corrected chi connectivity index (χ3v) is 11.0. The maximum absolute atomic E-state index is 11.3. The lowest BCUT2D eigenvalue weighted by Gasteiger charge is -2.18. The molecule has 36 heavy (non-hydrogen) atoms. The summed E-state index contributed by atoms with van der Waals surface area (Å²) in [6, 6.07) is 8.89. The first-order valence-corrected chi connectivity index (χ1v) is 17.7. The van der Waals surface area contributed by atoms with Crippen molar-refractivity contribution in [1.82, 2.24) is 19.9 Å². The van der Waals surface area contributed by atoms with Gasteiger partial charge in [-0.1, -0.05) is 23.5 Å². The predicted molar refractivity (Wildman–Crippen MR) is 152 cm³/mol. The molecule has 0 amide bonds. The maximum Gasteiger partial charge on any atom is 0.294 e. The highest BCUT2D eigenvalue weighted by Crippen LogP contribution is 2.44. The van der Waals surface area contributed by atoms with E-state index in [-0.39, 0.29) is 9.79 Å². The van der Waals surface area contributed by atoms with E-state index < -0.39 is 21.0 Å². The number of benzene rings is 2. The molecule has 0 saturated carbocycles. The van der Waals surface area contributed by atoms with Gasteiger partial charge in [-0.25, -0.2) is 9.97 Å². The van der Waals surface area contributed by atoms with Crippen molar-refractivity contribution in [1.29, 1.82) is 0 Å². The van der Waals surface area contributed by atoms with Gasteiger partial charge in [0.25, 0.3) is 10.1 Å². The Labute approximate surface area is 226 Å². The van der Waals surface area contributed by atoms with Gasteiger partial charge in [-0.05, 0) is 36.4 Å². The highest BCUT2D eigenvalue weighted by atomic mass is 32.3. The fourth-order valence-corrected chi connectivity index (χ4v) is 8.19. The average Bonchev–Trinajstić information content (AvgIpc) is 3.41. The largest absolute Gasteiger partial charge is 0.333 e. The number of H-pyrrole nitrogens is 2. The number of aromatic amines is 2. The molecule has 0 atom stereocenters. The Morgan fingerprint density at radius 2 is 1.11 bits per heavy atom. The molecule has 0 unspecified atom stereocenters. The molecule has 0 spiro atoms. The molecular weight excluding hydrogens is 585 g/mol. The molecule has 0 fully saturated rings. The summed E-state index contributed by atoms with van der Waals surface area (Å²) in [5, 5.41) is 1.47. The molecule has 4 aromatic rings. The Bertz CT molecular complexity index is 1440. The predicted octanol–water partition coefficient (Wildman–Crippen LogP) is 5.62. The van der Waals surface area contributed by atoms with Crippen molar-refractivity contribution in [3.63, 3.8) is 0 Å². The lowest BCUT2D eigenvalue weighted by molar-refractivity contribution is 0.376. The minimum atomic E-state index is -4.23. The monoisotopic (exact) mass is 608 g/mol. The third-order valence-electron chi connectivity index (χ3n) is 4.78. The van der Waals surface area contributed by atoms with Gasteiger partial charge in [0.1, 0.15) is 10.9 Å². The van der Waals surface area contributed by atoms with E-state index in [4.69, 9.17) is 4.55 Å².